The molecule has 0 spiro atoms. The molecule has 0 bridgehead atoms. The summed E-state index contributed by atoms with van der Waals surface area (Å²) in [4.78, 5) is 6.70. The Morgan fingerprint density at radius 1 is 1.00 bits per heavy atom. The van der Waals surface area contributed by atoms with E-state index in [0.29, 0.717) is 0 Å². The minimum atomic E-state index is 0.103. The molecule has 0 N–H and O–H groups in total. The summed E-state index contributed by atoms with van der Waals surface area (Å²) in [7, 11) is 0. The lowest BCUT2D eigenvalue weighted by molar-refractivity contribution is 0.380. The standard InChI is InChI=1S/C14H24N2/c1-11-10-12(8-9-15-11)16(13(2,3)4)14(5,6)7/h8-10H,1-7H3. The third-order valence-electron chi connectivity index (χ3n) is 2.48. The van der Waals surface area contributed by atoms with Crippen LogP contribution in [0.2, 0.25) is 0 Å². The predicted octanol–water partition coefficient (Wildman–Crippen LogP) is 3.79. The highest BCUT2D eigenvalue weighted by atomic mass is 15.2. The molecule has 0 fully saturated rings. The van der Waals surface area contributed by atoms with Crippen molar-refractivity contribution in [2.24, 2.45) is 0 Å². The highest BCUT2D eigenvalue weighted by Crippen LogP contribution is 2.31. The fraction of sp³-hybridized carbons (Fsp3) is 0.643. The van der Waals surface area contributed by atoms with Crippen molar-refractivity contribution in [2.45, 2.75) is 59.5 Å². The smallest absolute Gasteiger partial charge is 0.0408 e. The Balaban J connectivity index is 3.23. The first-order chi connectivity index (χ1) is 7.12. The normalized spacial score (nSPS) is 12.7. The number of anilines is 1. The predicted molar refractivity (Wildman–Crippen MR) is 71.0 cm³/mol. The number of aryl methyl sites for hydroxylation is 1. The van der Waals surface area contributed by atoms with Gasteiger partial charge in [-0.15, -0.1) is 0 Å². The quantitative estimate of drug-likeness (QED) is 0.715. The van der Waals surface area contributed by atoms with E-state index in [2.05, 4.69) is 63.6 Å². The molecule has 0 aliphatic rings. The van der Waals surface area contributed by atoms with Crippen LogP contribution in [-0.4, -0.2) is 16.1 Å². The van der Waals surface area contributed by atoms with Crippen molar-refractivity contribution in [3.8, 4) is 0 Å². The molecule has 0 aliphatic carbocycles. The molecule has 2 heteroatoms. The van der Waals surface area contributed by atoms with Gasteiger partial charge in [-0.1, -0.05) is 0 Å². The molecule has 0 aromatic carbocycles. The summed E-state index contributed by atoms with van der Waals surface area (Å²) in [6.07, 6.45) is 1.88. The van der Waals surface area contributed by atoms with Crippen molar-refractivity contribution in [1.29, 1.82) is 0 Å². The van der Waals surface area contributed by atoms with Gasteiger partial charge >= 0.3 is 0 Å². The molecular weight excluding hydrogens is 196 g/mol. The zero-order chi connectivity index (χ0) is 12.6. The van der Waals surface area contributed by atoms with E-state index in [9.17, 15) is 0 Å². The van der Waals surface area contributed by atoms with Crippen molar-refractivity contribution in [1.82, 2.24) is 4.98 Å². The van der Waals surface area contributed by atoms with E-state index in [1.807, 2.05) is 13.1 Å². The van der Waals surface area contributed by atoms with Gasteiger partial charge in [0.05, 0.1) is 0 Å². The van der Waals surface area contributed by atoms with Crippen LogP contribution in [0.3, 0.4) is 0 Å². The summed E-state index contributed by atoms with van der Waals surface area (Å²) in [5, 5.41) is 0. The Hall–Kier alpha value is -1.05. The van der Waals surface area contributed by atoms with E-state index >= 15 is 0 Å². The van der Waals surface area contributed by atoms with Gasteiger partial charge in [-0.3, -0.25) is 4.98 Å². The second-order valence-corrected chi connectivity index (χ2v) is 6.33. The molecule has 1 aromatic rings. The monoisotopic (exact) mass is 220 g/mol. The van der Waals surface area contributed by atoms with Crippen LogP contribution in [0, 0.1) is 6.92 Å². The second-order valence-electron chi connectivity index (χ2n) is 6.33. The zero-order valence-corrected chi connectivity index (χ0v) is 11.6. The molecule has 0 saturated heterocycles. The van der Waals surface area contributed by atoms with Crippen LogP contribution in [0.15, 0.2) is 18.3 Å². The van der Waals surface area contributed by atoms with Crippen LogP contribution in [0.1, 0.15) is 47.2 Å². The van der Waals surface area contributed by atoms with E-state index in [1.165, 1.54) is 5.69 Å². The molecular formula is C14H24N2. The van der Waals surface area contributed by atoms with E-state index < -0.39 is 0 Å². The molecule has 16 heavy (non-hydrogen) atoms. The highest BCUT2D eigenvalue weighted by molar-refractivity contribution is 5.51. The van der Waals surface area contributed by atoms with Gasteiger partial charge in [0.25, 0.3) is 0 Å². The van der Waals surface area contributed by atoms with Gasteiger partial charge in [0, 0.05) is 28.7 Å². The fourth-order valence-corrected chi connectivity index (χ4v) is 2.45. The van der Waals surface area contributed by atoms with Gasteiger partial charge in [-0.2, -0.15) is 0 Å². The maximum Gasteiger partial charge on any atom is 0.0408 e. The molecule has 0 aliphatic heterocycles. The van der Waals surface area contributed by atoms with Crippen LogP contribution in [0.25, 0.3) is 0 Å². The SMILES string of the molecule is Cc1cc(N(C(C)(C)C)C(C)(C)C)ccn1. The third kappa shape index (κ3) is 2.97. The summed E-state index contributed by atoms with van der Waals surface area (Å²) < 4.78 is 0. The molecule has 0 amide bonds. The average Bonchev–Trinajstić information content (AvgIpc) is 1.97. The number of hydrogen-bond acceptors (Lipinski definition) is 2. The van der Waals surface area contributed by atoms with Gasteiger partial charge in [-0.05, 0) is 60.6 Å². The Morgan fingerprint density at radius 3 is 1.88 bits per heavy atom. The molecule has 1 rings (SSSR count). The van der Waals surface area contributed by atoms with Crippen molar-refractivity contribution >= 4 is 5.69 Å². The molecule has 90 valence electrons. The third-order valence-corrected chi connectivity index (χ3v) is 2.48. The number of pyridine rings is 1. The second kappa shape index (κ2) is 4.08. The summed E-state index contributed by atoms with van der Waals surface area (Å²) in [6, 6.07) is 4.24. The Labute approximate surface area is 99.7 Å². The zero-order valence-electron chi connectivity index (χ0n) is 11.6. The topological polar surface area (TPSA) is 16.1 Å². The van der Waals surface area contributed by atoms with E-state index in [1.54, 1.807) is 0 Å². The maximum absolute atomic E-state index is 4.26. The average molecular weight is 220 g/mol. The maximum atomic E-state index is 4.26. The summed E-state index contributed by atoms with van der Waals surface area (Å²) in [5.41, 5.74) is 2.52. The van der Waals surface area contributed by atoms with Gasteiger partial charge in [0.1, 0.15) is 0 Å². The van der Waals surface area contributed by atoms with Crippen molar-refractivity contribution in [3.05, 3.63) is 24.0 Å². The van der Waals surface area contributed by atoms with Crippen molar-refractivity contribution in [3.63, 3.8) is 0 Å². The van der Waals surface area contributed by atoms with E-state index in [0.717, 1.165) is 5.69 Å². The molecule has 0 saturated carbocycles. The lowest BCUT2D eigenvalue weighted by Gasteiger charge is -2.47. The van der Waals surface area contributed by atoms with Crippen LogP contribution in [0.5, 0.6) is 0 Å². The lowest BCUT2D eigenvalue weighted by atomic mass is 9.95. The van der Waals surface area contributed by atoms with Crippen LogP contribution < -0.4 is 4.90 Å². The largest absolute Gasteiger partial charge is 0.362 e. The minimum Gasteiger partial charge on any atom is -0.362 e. The van der Waals surface area contributed by atoms with Gasteiger partial charge in [0.2, 0.25) is 0 Å². The number of rotatable bonds is 1. The molecule has 0 unspecified atom stereocenters. The first-order valence-corrected chi connectivity index (χ1v) is 5.85. The summed E-state index contributed by atoms with van der Waals surface area (Å²) in [6.45, 7) is 15.5. The van der Waals surface area contributed by atoms with Crippen molar-refractivity contribution in [2.75, 3.05) is 4.90 Å². The Kier molecular flexibility index (Phi) is 3.32. The molecule has 1 aromatic heterocycles. The van der Waals surface area contributed by atoms with E-state index in [-0.39, 0.29) is 11.1 Å². The number of nitrogens with zero attached hydrogens (tertiary/aromatic N) is 2. The molecule has 0 radical (unpaired) electrons. The van der Waals surface area contributed by atoms with Gasteiger partial charge in [0.15, 0.2) is 0 Å². The molecule has 0 atom stereocenters. The summed E-state index contributed by atoms with van der Waals surface area (Å²) >= 11 is 0. The van der Waals surface area contributed by atoms with E-state index in [4.69, 9.17) is 0 Å². The van der Waals surface area contributed by atoms with Gasteiger partial charge < -0.3 is 4.90 Å². The molecule has 2 nitrogen and oxygen atoms in total. The number of hydrogen-bond donors (Lipinski definition) is 0. The Bertz CT molecular complexity index is 342. The lowest BCUT2D eigenvalue weighted by Crippen LogP contribution is -2.53. The minimum absolute atomic E-state index is 0.103. The highest BCUT2D eigenvalue weighted by Gasteiger charge is 2.31. The van der Waals surface area contributed by atoms with Crippen LogP contribution in [-0.2, 0) is 0 Å². The molecule has 1 heterocycles. The summed E-state index contributed by atoms with van der Waals surface area (Å²) in [5.74, 6) is 0. The first kappa shape index (κ1) is 13.0. The number of aromatic nitrogens is 1. The fourth-order valence-electron chi connectivity index (χ4n) is 2.45. The Morgan fingerprint density at radius 2 is 1.50 bits per heavy atom. The van der Waals surface area contributed by atoms with Crippen molar-refractivity contribution < 1.29 is 0 Å². The van der Waals surface area contributed by atoms with Crippen LogP contribution in [0.4, 0.5) is 5.69 Å². The van der Waals surface area contributed by atoms with Gasteiger partial charge in [-0.25, -0.2) is 0 Å². The first-order valence-electron chi connectivity index (χ1n) is 5.85. The van der Waals surface area contributed by atoms with Crippen LogP contribution >= 0.6 is 0 Å².